The third-order valence-electron chi connectivity index (χ3n) is 2.58. The summed E-state index contributed by atoms with van der Waals surface area (Å²) in [4.78, 5) is 4.42. The number of nitrogens with two attached hydrogens (primary N) is 1. The molecule has 1 aromatic carbocycles. The quantitative estimate of drug-likeness (QED) is 0.831. The molecule has 2 rings (SSSR count). The van der Waals surface area contributed by atoms with Crippen LogP contribution in [0.3, 0.4) is 0 Å². The fourth-order valence-corrected chi connectivity index (χ4v) is 1.84. The number of benzene rings is 1. The van der Waals surface area contributed by atoms with Gasteiger partial charge in [-0.2, -0.15) is 0 Å². The van der Waals surface area contributed by atoms with E-state index in [-0.39, 0.29) is 0 Å². The third kappa shape index (κ3) is 2.28. The van der Waals surface area contributed by atoms with Gasteiger partial charge in [-0.3, -0.25) is 4.98 Å². The summed E-state index contributed by atoms with van der Waals surface area (Å²) in [5, 5.41) is 0. The van der Waals surface area contributed by atoms with E-state index in [2.05, 4.69) is 37.0 Å². The predicted octanol–water partition coefficient (Wildman–Crippen LogP) is 2.82. The average molecular weight is 212 g/mol. The molecule has 0 bridgehead atoms. The average Bonchev–Trinajstić information content (AvgIpc) is 2.28. The maximum absolute atomic E-state index is 5.55. The van der Waals surface area contributed by atoms with Gasteiger partial charge in [0.05, 0.1) is 5.69 Å². The molecule has 0 unspecified atom stereocenters. The van der Waals surface area contributed by atoms with Crippen molar-refractivity contribution in [2.75, 3.05) is 0 Å². The number of aromatic nitrogens is 1. The number of hydrogen-bond acceptors (Lipinski definition) is 2. The Kier molecular flexibility index (Phi) is 3.02. The molecule has 16 heavy (non-hydrogen) atoms. The molecule has 2 N–H and O–H groups in total. The first-order valence-electron chi connectivity index (χ1n) is 5.43. The largest absolute Gasteiger partial charge is 0.326 e. The molecule has 2 heteroatoms. The second-order valence-electron chi connectivity index (χ2n) is 4.13. The molecule has 1 heterocycles. The van der Waals surface area contributed by atoms with Gasteiger partial charge in [0.1, 0.15) is 0 Å². The maximum Gasteiger partial charge on any atom is 0.0702 e. The Balaban J connectivity index is 2.42. The minimum Gasteiger partial charge on any atom is -0.326 e. The van der Waals surface area contributed by atoms with Gasteiger partial charge in [0, 0.05) is 18.3 Å². The van der Waals surface area contributed by atoms with Crippen LogP contribution in [0.1, 0.15) is 16.7 Å². The minimum absolute atomic E-state index is 0.542. The summed E-state index contributed by atoms with van der Waals surface area (Å²) in [6, 6.07) is 10.5. The van der Waals surface area contributed by atoms with Gasteiger partial charge >= 0.3 is 0 Å². The lowest BCUT2D eigenvalue weighted by atomic mass is 10.0. The van der Waals surface area contributed by atoms with E-state index in [1.54, 1.807) is 0 Å². The summed E-state index contributed by atoms with van der Waals surface area (Å²) in [6.45, 7) is 4.75. The lowest BCUT2D eigenvalue weighted by molar-refractivity contribution is 1.05. The number of rotatable bonds is 2. The Hall–Kier alpha value is -1.67. The zero-order valence-electron chi connectivity index (χ0n) is 9.70. The molecule has 1 aromatic heterocycles. The van der Waals surface area contributed by atoms with E-state index >= 15 is 0 Å². The first kappa shape index (κ1) is 10.8. The van der Waals surface area contributed by atoms with Gasteiger partial charge in [-0.1, -0.05) is 23.3 Å². The van der Waals surface area contributed by atoms with Crippen LogP contribution in [0.5, 0.6) is 0 Å². The Morgan fingerprint density at radius 2 is 1.75 bits per heavy atom. The molecule has 2 aromatic rings. The molecule has 2 nitrogen and oxygen atoms in total. The molecular formula is C14H16N2. The summed E-state index contributed by atoms with van der Waals surface area (Å²) < 4.78 is 0. The molecule has 0 saturated heterocycles. The van der Waals surface area contributed by atoms with E-state index < -0.39 is 0 Å². The van der Waals surface area contributed by atoms with Gasteiger partial charge in [0.15, 0.2) is 0 Å². The van der Waals surface area contributed by atoms with Gasteiger partial charge in [0.25, 0.3) is 0 Å². The van der Waals surface area contributed by atoms with Crippen molar-refractivity contribution in [2.24, 2.45) is 5.73 Å². The monoisotopic (exact) mass is 212 g/mol. The van der Waals surface area contributed by atoms with Crippen molar-refractivity contribution in [1.29, 1.82) is 0 Å². The number of aryl methyl sites for hydroxylation is 2. The highest BCUT2D eigenvalue weighted by atomic mass is 14.7. The molecule has 0 radical (unpaired) electrons. The molecule has 82 valence electrons. The van der Waals surface area contributed by atoms with Crippen molar-refractivity contribution in [3.8, 4) is 11.3 Å². The van der Waals surface area contributed by atoms with E-state index in [0.717, 1.165) is 11.3 Å². The van der Waals surface area contributed by atoms with E-state index in [1.807, 2.05) is 18.3 Å². The fraction of sp³-hybridized carbons (Fsp3) is 0.214. The standard InChI is InChI=1S/C14H16N2/c1-10-5-11(2)7-13(6-10)14-4-3-12(8-15)9-16-14/h3-7,9H,8,15H2,1-2H3. The highest BCUT2D eigenvalue weighted by molar-refractivity contribution is 5.61. The molecule has 0 fully saturated rings. The van der Waals surface area contributed by atoms with Gasteiger partial charge in [-0.25, -0.2) is 0 Å². The van der Waals surface area contributed by atoms with Crippen LogP contribution < -0.4 is 5.73 Å². The maximum atomic E-state index is 5.55. The number of nitrogens with zero attached hydrogens (tertiary/aromatic N) is 1. The molecule has 0 spiro atoms. The normalized spacial score (nSPS) is 10.4. The van der Waals surface area contributed by atoms with Crippen LogP contribution in [0.4, 0.5) is 0 Å². The molecule has 0 aliphatic carbocycles. The summed E-state index contributed by atoms with van der Waals surface area (Å²) >= 11 is 0. The summed E-state index contributed by atoms with van der Waals surface area (Å²) in [5.74, 6) is 0. The highest BCUT2D eigenvalue weighted by Crippen LogP contribution is 2.20. The van der Waals surface area contributed by atoms with Crippen molar-refractivity contribution < 1.29 is 0 Å². The topological polar surface area (TPSA) is 38.9 Å². The van der Waals surface area contributed by atoms with Crippen LogP contribution in [0.25, 0.3) is 11.3 Å². The van der Waals surface area contributed by atoms with E-state index in [4.69, 9.17) is 5.73 Å². The minimum atomic E-state index is 0.542. The fourth-order valence-electron chi connectivity index (χ4n) is 1.84. The van der Waals surface area contributed by atoms with Crippen molar-refractivity contribution in [3.05, 3.63) is 53.2 Å². The van der Waals surface area contributed by atoms with E-state index in [1.165, 1.54) is 16.7 Å². The van der Waals surface area contributed by atoms with Crippen LogP contribution >= 0.6 is 0 Å². The molecule has 0 amide bonds. The Bertz CT molecular complexity index is 466. The van der Waals surface area contributed by atoms with Crippen molar-refractivity contribution in [1.82, 2.24) is 4.98 Å². The van der Waals surface area contributed by atoms with Gasteiger partial charge in [-0.05, 0) is 37.6 Å². The van der Waals surface area contributed by atoms with Crippen LogP contribution in [-0.2, 0) is 6.54 Å². The summed E-state index contributed by atoms with van der Waals surface area (Å²) in [7, 11) is 0. The third-order valence-corrected chi connectivity index (χ3v) is 2.58. The SMILES string of the molecule is Cc1cc(C)cc(-c2ccc(CN)cn2)c1. The summed E-state index contributed by atoms with van der Waals surface area (Å²) in [6.07, 6.45) is 1.84. The Labute approximate surface area is 96.1 Å². The molecule has 0 aliphatic rings. The van der Waals surface area contributed by atoms with Gasteiger partial charge in [-0.15, -0.1) is 0 Å². The Morgan fingerprint density at radius 3 is 2.25 bits per heavy atom. The van der Waals surface area contributed by atoms with Crippen LogP contribution in [0.2, 0.25) is 0 Å². The number of pyridine rings is 1. The first-order valence-corrected chi connectivity index (χ1v) is 5.43. The molecular weight excluding hydrogens is 196 g/mol. The van der Waals surface area contributed by atoms with Crippen molar-refractivity contribution >= 4 is 0 Å². The van der Waals surface area contributed by atoms with Crippen molar-refractivity contribution in [3.63, 3.8) is 0 Å². The lowest BCUT2D eigenvalue weighted by Crippen LogP contribution is -1.97. The van der Waals surface area contributed by atoms with Crippen molar-refractivity contribution in [2.45, 2.75) is 20.4 Å². The lowest BCUT2D eigenvalue weighted by Gasteiger charge is -2.05. The Morgan fingerprint density at radius 1 is 1.06 bits per heavy atom. The molecule has 0 aliphatic heterocycles. The van der Waals surface area contributed by atoms with Crippen LogP contribution in [0.15, 0.2) is 36.5 Å². The first-order chi connectivity index (χ1) is 7.69. The van der Waals surface area contributed by atoms with Gasteiger partial charge < -0.3 is 5.73 Å². The zero-order chi connectivity index (χ0) is 11.5. The summed E-state index contributed by atoms with van der Waals surface area (Å²) in [5.41, 5.74) is 11.3. The van der Waals surface area contributed by atoms with Crippen LogP contribution in [0, 0.1) is 13.8 Å². The zero-order valence-corrected chi connectivity index (χ0v) is 9.70. The van der Waals surface area contributed by atoms with E-state index in [0.29, 0.717) is 6.54 Å². The number of hydrogen-bond donors (Lipinski definition) is 1. The van der Waals surface area contributed by atoms with E-state index in [9.17, 15) is 0 Å². The highest BCUT2D eigenvalue weighted by Gasteiger charge is 2.00. The molecule has 0 saturated carbocycles. The smallest absolute Gasteiger partial charge is 0.0702 e. The van der Waals surface area contributed by atoms with Gasteiger partial charge in [0.2, 0.25) is 0 Å². The second kappa shape index (κ2) is 4.45. The van der Waals surface area contributed by atoms with Crippen LogP contribution in [-0.4, -0.2) is 4.98 Å². The predicted molar refractivity (Wildman–Crippen MR) is 67.0 cm³/mol. The second-order valence-corrected chi connectivity index (χ2v) is 4.13. The molecule has 0 atom stereocenters.